The Labute approximate surface area is 136 Å². The largest absolute Gasteiger partial charge is 0.381 e. The van der Waals surface area contributed by atoms with E-state index in [0.29, 0.717) is 6.04 Å². The van der Waals surface area contributed by atoms with Crippen molar-refractivity contribution in [3.8, 4) is 0 Å². The van der Waals surface area contributed by atoms with E-state index in [2.05, 4.69) is 31.6 Å². The fraction of sp³-hybridized carbons (Fsp3) is 0.647. The van der Waals surface area contributed by atoms with Crippen molar-refractivity contribution in [1.82, 2.24) is 24.6 Å². The molecule has 1 aliphatic carbocycles. The van der Waals surface area contributed by atoms with E-state index in [1.807, 2.05) is 18.6 Å². The van der Waals surface area contributed by atoms with Gasteiger partial charge in [0.25, 0.3) is 0 Å². The smallest absolute Gasteiger partial charge is 0.126 e. The number of nitrogens with one attached hydrogen (secondary N) is 1. The predicted octanol–water partition coefficient (Wildman–Crippen LogP) is 2.15. The molecule has 1 fully saturated rings. The number of hydrogen-bond acceptors (Lipinski definition) is 4. The minimum atomic E-state index is 0.333. The molecule has 1 aliphatic heterocycles. The second kappa shape index (κ2) is 6.45. The van der Waals surface area contributed by atoms with E-state index in [-0.39, 0.29) is 0 Å². The summed E-state index contributed by atoms with van der Waals surface area (Å²) in [6.07, 6.45) is 9.58. The standard InChI is InChI=1S/C17H25N5O/c1-13-17-18-10-16(4-7-23-12-14-2-3-14)22(17)6-5-21(13)11-15-8-19-20-9-15/h8-10,13-14H,2-7,11-12H2,1H3,(H,19,20). The molecule has 0 amide bonds. The van der Waals surface area contributed by atoms with Gasteiger partial charge in [-0.3, -0.25) is 10.00 Å². The third kappa shape index (κ3) is 3.33. The third-order valence-electron chi connectivity index (χ3n) is 4.99. The van der Waals surface area contributed by atoms with Gasteiger partial charge < -0.3 is 9.30 Å². The lowest BCUT2D eigenvalue weighted by Crippen LogP contribution is -2.37. The zero-order valence-electron chi connectivity index (χ0n) is 13.7. The molecule has 1 atom stereocenters. The second-order valence-corrected chi connectivity index (χ2v) is 6.78. The Morgan fingerprint density at radius 2 is 2.22 bits per heavy atom. The molecule has 0 saturated heterocycles. The summed E-state index contributed by atoms with van der Waals surface area (Å²) in [5.74, 6) is 2.02. The second-order valence-electron chi connectivity index (χ2n) is 6.78. The van der Waals surface area contributed by atoms with Crippen LogP contribution < -0.4 is 0 Å². The molecule has 1 unspecified atom stereocenters. The average Bonchev–Trinajstić information content (AvgIpc) is 3.07. The molecule has 0 spiro atoms. The molecular weight excluding hydrogens is 290 g/mol. The number of fused-ring (bicyclic) bond motifs is 1. The maximum atomic E-state index is 5.78. The molecule has 0 radical (unpaired) electrons. The van der Waals surface area contributed by atoms with Crippen molar-refractivity contribution in [2.75, 3.05) is 19.8 Å². The number of imidazole rings is 1. The van der Waals surface area contributed by atoms with Gasteiger partial charge in [-0.2, -0.15) is 5.10 Å². The number of hydrogen-bond donors (Lipinski definition) is 1. The first-order valence-corrected chi connectivity index (χ1v) is 8.65. The quantitative estimate of drug-likeness (QED) is 0.796. The normalized spacial score (nSPS) is 21.5. The number of ether oxygens (including phenoxy) is 1. The predicted molar refractivity (Wildman–Crippen MR) is 86.9 cm³/mol. The highest BCUT2D eigenvalue weighted by molar-refractivity contribution is 5.12. The van der Waals surface area contributed by atoms with Crippen molar-refractivity contribution in [2.24, 2.45) is 5.92 Å². The fourth-order valence-electron chi connectivity index (χ4n) is 3.33. The van der Waals surface area contributed by atoms with Crippen LogP contribution >= 0.6 is 0 Å². The van der Waals surface area contributed by atoms with Crippen LogP contribution in [0.5, 0.6) is 0 Å². The molecule has 1 saturated carbocycles. The van der Waals surface area contributed by atoms with Gasteiger partial charge in [-0.05, 0) is 25.7 Å². The Morgan fingerprint density at radius 1 is 1.30 bits per heavy atom. The molecule has 23 heavy (non-hydrogen) atoms. The van der Waals surface area contributed by atoms with Crippen LogP contribution in [-0.2, 0) is 24.2 Å². The molecule has 4 rings (SSSR count). The van der Waals surface area contributed by atoms with Crippen molar-refractivity contribution in [2.45, 2.75) is 45.3 Å². The van der Waals surface area contributed by atoms with Gasteiger partial charge in [0.1, 0.15) is 5.82 Å². The summed E-state index contributed by atoms with van der Waals surface area (Å²) in [5.41, 5.74) is 2.54. The first-order valence-electron chi connectivity index (χ1n) is 8.65. The molecule has 2 aromatic heterocycles. The fourth-order valence-corrected chi connectivity index (χ4v) is 3.33. The Bertz CT molecular complexity index is 631. The van der Waals surface area contributed by atoms with Gasteiger partial charge in [0.2, 0.25) is 0 Å². The average molecular weight is 315 g/mol. The molecule has 3 heterocycles. The van der Waals surface area contributed by atoms with Crippen molar-refractivity contribution in [3.05, 3.63) is 35.7 Å². The maximum absolute atomic E-state index is 5.78. The number of rotatable bonds is 7. The third-order valence-corrected chi connectivity index (χ3v) is 4.99. The highest BCUT2D eigenvalue weighted by Crippen LogP contribution is 2.29. The van der Waals surface area contributed by atoms with Crippen molar-refractivity contribution in [3.63, 3.8) is 0 Å². The van der Waals surface area contributed by atoms with Crippen LogP contribution in [0.25, 0.3) is 0 Å². The lowest BCUT2D eigenvalue weighted by atomic mass is 10.2. The van der Waals surface area contributed by atoms with Crippen molar-refractivity contribution < 1.29 is 4.74 Å². The SMILES string of the molecule is CC1c2ncc(CCOCC3CC3)n2CCN1Cc1cn[nH]c1. The van der Waals surface area contributed by atoms with E-state index in [1.165, 1.54) is 29.9 Å². The van der Waals surface area contributed by atoms with E-state index in [9.17, 15) is 0 Å². The monoisotopic (exact) mass is 315 g/mol. The van der Waals surface area contributed by atoms with Crippen LogP contribution in [0.2, 0.25) is 0 Å². The summed E-state index contributed by atoms with van der Waals surface area (Å²) >= 11 is 0. The molecule has 0 aromatic carbocycles. The van der Waals surface area contributed by atoms with E-state index < -0.39 is 0 Å². The van der Waals surface area contributed by atoms with Gasteiger partial charge in [0.05, 0.1) is 18.8 Å². The van der Waals surface area contributed by atoms with E-state index >= 15 is 0 Å². The van der Waals surface area contributed by atoms with Gasteiger partial charge in [-0.1, -0.05) is 0 Å². The van der Waals surface area contributed by atoms with Gasteiger partial charge in [-0.25, -0.2) is 4.98 Å². The molecule has 0 bridgehead atoms. The van der Waals surface area contributed by atoms with Crippen LogP contribution in [0.3, 0.4) is 0 Å². The highest BCUT2D eigenvalue weighted by Gasteiger charge is 2.27. The summed E-state index contributed by atoms with van der Waals surface area (Å²) in [5, 5.41) is 6.92. The molecule has 1 N–H and O–H groups in total. The van der Waals surface area contributed by atoms with Crippen molar-refractivity contribution >= 4 is 0 Å². The van der Waals surface area contributed by atoms with E-state index in [1.54, 1.807) is 0 Å². The van der Waals surface area contributed by atoms with Crippen LogP contribution in [0.1, 0.15) is 42.9 Å². The first kappa shape index (κ1) is 14.9. The van der Waals surface area contributed by atoms with Crippen LogP contribution in [0.15, 0.2) is 18.6 Å². The summed E-state index contributed by atoms with van der Waals surface area (Å²) in [4.78, 5) is 7.14. The summed E-state index contributed by atoms with van der Waals surface area (Å²) in [7, 11) is 0. The summed E-state index contributed by atoms with van der Waals surface area (Å²) in [6.45, 7) is 6.97. The Kier molecular flexibility index (Phi) is 4.18. The van der Waals surface area contributed by atoms with E-state index in [0.717, 1.165) is 45.2 Å². The summed E-state index contributed by atoms with van der Waals surface area (Å²) < 4.78 is 8.16. The number of H-pyrrole nitrogens is 1. The number of aromatic amines is 1. The maximum Gasteiger partial charge on any atom is 0.126 e. The van der Waals surface area contributed by atoms with Gasteiger partial charge in [-0.15, -0.1) is 0 Å². The topological polar surface area (TPSA) is 59.0 Å². The minimum absolute atomic E-state index is 0.333. The number of nitrogens with zero attached hydrogens (tertiary/aromatic N) is 4. The summed E-state index contributed by atoms with van der Waals surface area (Å²) in [6, 6.07) is 0.333. The lowest BCUT2D eigenvalue weighted by molar-refractivity contribution is 0.124. The zero-order valence-corrected chi connectivity index (χ0v) is 13.7. The molecule has 6 heteroatoms. The van der Waals surface area contributed by atoms with Gasteiger partial charge in [0.15, 0.2) is 0 Å². The first-order chi connectivity index (χ1) is 11.3. The molecular formula is C17H25N5O. The molecule has 6 nitrogen and oxygen atoms in total. The highest BCUT2D eigenvalue weighted by atomic mass is 16.5. The molecule has 2 aromatic rings. The van der Waals surface area contributed by atoms with Gasteiger partial charge in [0, 0.05) is 56.3 Å². The minimum Gasteiger partial charge on any atom is -0.381 e. The molecule has 124 valence electrons. The molecule has 2 aliphatic rings. The van der Waals surface area contributed by atoms with Crippen LogP contribution in [0, 0.1) is 5.92 Å². The Morgan fingerprint density at radius 3 is 3.00 bits per heavy atom. The zero-order chi connectivity index (χ0) is 15.6. The van der Waals surface area contributed by atoms with Crippen molar-refractivity contribution in [1.29, 1.82) is 0 Å². The van der Waals surface area contributed by atoms with Crippen LogP contribution in [-0.4, -0.2) is 44.4 Å². The Hall–Kier alpha value is -1.66. The lowest BCUT2D eigenvalue weighted by Gasteiger charge is -2.34. The van der Waals surface area contributed by atoms with E-state index in [4.69, 9.17) is 4.74 Å². The Balaban J connectivity index is 1.36. The number of aromatic nitrogens is 4. The van der Waals surface area contributed by atoms with Crippen LogP contribution in [0.4, 0.5) is 0 Å². The van der Waals surface area contributed by atoms with Gasteiger partial charge >= 0.3 is 0 Å².